The molecule has 5 N–H and O–H groups in total. The van der Waals surface area contributed by atoms with E-state index in [1.54, 1.807) is 43.5 Å². The number of pyridine rings is 1. The van der Waals surface area contributed by atoms with Gasteiger partial charge in [0.05, 0.1) is 36.8 Å². The predicted octanol–water partition coefficient (Wildman–Crippen LogP) is 2.49. The Labute approximate surface area is 284 Å². The third-order valence-corrected chi connectivity index (χ3v) is 9.70. The molecule has 1 aromatic heterocycles. The molecule has 3 aromatic rings. The van der Waals surface area contributed by atoms with Crippen molar-refractivity contribution >= 4 is 12.0 Å². The molecule has 1 aliphatic carbocycles. The molecule has 2 aromatic carbocycles. The minimum Gasteiger partial charge on any atom is -0.508 e. The van der Waals surface area contributed by atoms with Gasteiger partial charge < -0.3 is 49.6 Å². The highest BCUT2D eigenvalue weighted by Crippen LogP contribution is 2.45. The number of rotatable bonds is 8. The lowest BCUT2D eigenvalue weighted by Crippen LogP contribution is -2.77. The van der Waals surface area contributed by atoms with Crippen LogP contribution in [0.3, 0.4) is 0 Å². The molecule has 0 unspecified atom stereocenters. The number of aromatic nitrogens is 1. The minimum atomic E-state index is -2.23. The Balaban J connectivity index is 1.19. The lowest BCUT2D eigenvalue weighted by atomic mass is 9.74. The second-order valence-electron chi connectivity index (χ2n) is 13.0. The average Bonchev–Trinajstić information content (AvgIpc) is 3.08. The van der Waals surface area contributed by atoms with Gasteiger partial charge in [0.2, 0.25) is 18.0 Å². The van der Waals surface area contributed by atoms with Crippen LogP contribution in [-0.4, -0.2) is 104 Å². The fourth-order valence-corrected chi connectivity index (χ4v) is 7.03. The standard InChI is InChI=1S/C36H43N3O10/c1-4-26-30(42)29(39(3)35(44)46-19-21-8-6-5-7-9-21)32-33(31(26)43)48-34-36(45,49-32)27(16-20(2)47-34)38-28(41)17-24-13-10-23(18-37-24)22-11-14-25(40)15-12-22/h5-15,18,20,26-27,29-34,40,42-43,45H,4,16-17,19H2,1-3H3,(H,38,41)/t20-,26-,27-,29+,30+,31+,32-,33-,34+,36+/m1/s1. The van der Waals surface area contributed by atoms with Crippen LogP contribution in [0.1, 0.15) is 37.9 Å². The number of likely N-dealkylation sites (N-methyl/N-ethyl adjacent to an activating group) is 1. The number of carbonyl (C=O) groups excluding carboxylic acids is 2. The Bertz CT molecular complexity index is 1590. The Morgan fingerprint density at radius 1 is 1.00 bits per heavy atom. The van der Waals surface area contributed by atoms with Crippen LogP contribution >= 0.6 is 0 Å². The van der Waals surface area contributed by atoms with Gasteiger partial charge in [-0.05, 0) is 49.1 Å². The lowest BCUT2D eigenvalue weighted by molar-refractivity contribution is -0.452. The normalized spacial score (nSPS) is 32.3. The number of aliphatic hydroxyl groups is 3. The van der Waals surface area contributed by atoms with Crippen molar-refractivity contribution in [3.8, 4) is 16.9 Å². The summed E-state index contributed by atoms with van der Waals surface area (Å²) in [4.78, 5) is 32.3. The number of aliphatic hydroxyl groups excluding tert-OH is 2. The Morgan fingerprint density at radius 2 is 1.71 bits per heavy atom. The molecule has 6 rings (SSSR count). The van der Waals surface area contributed by atoms with Crippen LogP contribution in [0.4, 0.5) is 4.79 Å². The van der Waals surface area contributed by atoms with Gasteiger partial charge in [0.15, 0.2) is 0 Å². The van der Waals surface area contributed by atoms with Gasteiger partial charge in [-0.1, -0.05) is 55.5 Å². The second-order valence-corrected chi connectivity index (χ2v) is 13.0. The van der Waals surface area contributed by atoms with E-state index in [4.69, 9.17) is 18.9 Å². The predicted molar refractivity (Wildman–Crippen MR) is 175 cm³/mol. The van der Waals surface area contributed by atoms with Crippen LogP contribution < -0.4 is 5.32 Å². The molecule has 0 bridgehead atoms. The maximum absolute atomic E-state index is 13.3. The van der Waals surface area contributed by atoms with Crippen molar-refractivity contribution in [2.24, 2.45) is 5.92 Å². The third-order valence-electron chi connectivity index (χ3n) is 9.70. The van der Waals surface area contributed by atoms with Gasteiger partial charge in [0.25, 0.3) is 0 Å². The van der Waals surface area contributed by atoms with E-state index in [0.717, 1.165) is 16.7 Å². The summed E-state index contributed by atoms with van der Waals surface area (Å²) in [5.74, 6) is -3.20. The van der Waals surface area contributed by atoms with E-state index in [1.165, 1.54) is 11.9 Å². The first kappa shape index (κ1) is 34.7. The average molecular weight is 678 g/mol. The van der Waals surface area contributed by atoms with Gasteiger partial charge in [-0.2, -0.15) is 0 Å². The Morgan fingerprint density at radius 3 is 2.39 bits per heavy atom. The number of hydrogen-bond donors (Lipinski definition) is 5. The zero-order chi connectivity index (χ0) is 34.9. The van der Waals surface area contributed by atoms with Gasteiger partial charge in [0, 0.05) is 30.4 Å². The van der Waals surface area contributed by atoms with Gasteiger partial charge in [-0.25, -0.2) is 4.79 Å². The molecule has 13 nitrogen and oxygen atoms in total. The molecular formula is C36H43N3O10. The SMILES string of the molecule is CC[C@H]1[C@H](O)[C@H]2O[C@@H]3O[C@H](C)C[C@@H](NC(=O)Cc4ccc(-c5ccc(O)cc5)cn4)[C@]3(O)O[C@@H]2[C@@H](N(C)C(=O)OCc2ccccc2)[C@H]1O. The molecule has 0 spiro atoms. The number of nitrogens with one attached hydrogen (secondary N) is 1. The van der Waals surface area contributed by atoms with E-state index >= 15 is 0 Å². The summed E-state index contributed by atoms with van der Waals surface area (Å²) in [7, 11) is 1.46. The van der Waals surface area contributed by atoms with Crippen molar-refractivity contribution in [3.05, 3.63) is 84.2 Å². The van der Waals surface area contributed by atoms with E-state index in [1.807, 2.05) is 43.3 Å². The molecule has 262 valence electrons. The Kier molecular flexibility index (Phi) is 10.2. The molecule has 3 heterocycles. The summed E-state index contributed by atoms with van der Waals surface area (Å²) < 4.78 is 24.1. The maximum Gasteiger partial charge on any atom is 0.410 e. The summed E-state index contributed by atoms with van der Waals surface area (Å²) in [6.07, 6.45) is -5.26. The maximum atomic E-state index is 13.3. The number of ether oxygens (including phenoxy) is 4. The van der Waals surface area contributed by atoms with Gasteiger partial charge in [0.1, 0.15) is 24.6 Å². The van der Waals surface area contributed by atoms with Crippen LogP contribution in [-0.2, 0) is 36.8 Å². The molecule has 13 heteroatoms. The number of aromatic hydroxyl groups is 1. The van der Waals surface area contributed by atoms with Crippen LogP contribution in [0.5, 0.6) is 5.75 Å². The van der Waals surface area contributed by atoms with Crippen LogP contribution in [0.2, 0.25) is 0 Å². The van der Waals surface area contributed by atoms with Crippen molar-refractivity contribution < 1.29 is 49.0 Å². The number of amides is 2. The van der Waals surface area contributed by atoms with E-state index in [9.17, 15) is 30.0 Å². The summed E-state index contributed by atoms with van der Waals surface area (Å²) >= 11 is 0. The topological polar surface area (TPSA) is 180 Å². The van der Waals surface area contributed by atoms with Crippen LogP contribution in [0.25, 0.3) is 11.1 Å². The molecule has 49 heavy (non-hydrogen) atoms. The fraction of sp³-hybridized carbons (Fsp3) is 0.472. The quantitative estimate of drug-likeness (QED) is 0.237. The van der Waals surface area contributed by atoms with Crippen molar-refractivity contribution in [1.29, 1.82) is 0 Å². The highest BCUT2D eigenvalue weighted by atomic mass is 16.8. The van der Waals surface area contributed by atoms with Gasteiger partial charge >= 0.3 is 6.09 Å². The molecule has 2 aliphatic heterocycles. The number of carbonyl (C=O) groups is 2. The summed E-state index contributed by atoms with van der Waals surface area (Å²) in [5, 5.41) is 47.3. The zero-order valence-corrected chi connectivity index (χ0v) is 27.6. The summed E-state index contributed by atoms with van der Waals surface area (Å²) in [6, 6.07) is 17.3. The van der Waals surface area contributed by atoms with E-state index < -0.39 is 72.6 Å². The molecule has 2 amide bonds. The third kappa shape index (κ3) is 7.14. The molecular weight excluding hydrogens is 634 g/mol. The first-order valence-corrected chi connectivity index (χ1v) is 16.5. The first-order chi connectivity index (χ1) is 23.5. The number of phenols is 1. The van der Waals surface area contributed by atoms with Crippen molar-refractivity contribution in [2.45, 2.75) is 94.4 Å². The summed E-state index contributed by atoms with van der Waals surface area (Å²) in [6.45, 7) is 3.58. The van der Waals surface area contributed by atoms with Gasteiger partial charge in [-0.3, -0.25) is 9.78 Å². The smallest absolute Gasteiger partial charge is 0.410 e. The monoisotopic (exact) mass is 677 g/mol. The molecule has 0 radical (unpaired) electrons. The number of hydrogen-bond acceptors (Lipinski definition) is 11. The molecule has 2 saturated heterocycles. The lowest BCUT2D eigenvalue weighted by Gasteiger charge is -2.58. The highest BCUT2D eigenvalue weighted by molar-refractivity contribution is 5.78. The largest absolute Gasteiger partial charge is 0.508 e. The molecule has 10 atom stereocenters. The van der Waals surface area contributed by atoms with Crippen molar-refractivity contribution in [2.75, 3.05) is 7.05 Å². The molecule has 3 fully saturated rings. The fourth-order valence-electron chi connectivity index (χ4n) is 7.03. The number of phenolic OH excluding ortho intramolecular Hbond substituents is 1. The van der Waals surface area contributed by atoms with Crippen LogP contribution in [0, 0.1) is 5.92 Å². The minimum absolute atomic E-state index is 0.00164. The second kappa shape index (κ2) is 14.4. The van der Waals surface area contributed by atoms with E-state index in [-0.39, 0.29) is 25.2 Å². The van der Waals surface area contributed by atoms with Gasteiger partial charge in [-0.15, -0.1) is 0 Å². The number of fused-ring (bicyclic) bond motifs is 2. The van der Waals surface area contributed by atoms with Crippen molar-refractivity contribution in [1.82, 2.24) is 15.2 Å². The molecule has 1 saturated carbocycles. The highest BCUT2D eigenvalue weighted by Gasteiger charge is 2.64. The van der Waals surface area contributed by atoms with E-state index in [2.05, 4.69) is 10.3 Å². The number of benzene rings is 2. The molecule has 3 aliphatic rings. The van der Waals surface area contributed by atoms with Crippen LogP contribution in [0.15, 0.2) is 72.9 Å². The van der Waals surface area contributed by atoms with Crippen molar-refractivity contribution in [3.63, 3.8) is 0 Å². The Hall–Kier alpha value is -4.11. The van der Waals surface area contributed by atoms with E-state index in [0.29, 0.717) is 12.1 Å². The summed E-state index contributed by atoms with van der Waals surface area (Å²) in [5.41, 5.74) is 2.94. The number of nitrogens with zero attached hydrogens (tertiary/aromatic N) is 2. The zero-order valence-electron chi connectivity index (χ0n) is 27.6. The first-order valence-electron chi connectivity index (χ1n) is 16.5.